The first-order valence-corrected chi connectivity index (χ1v) is 9.59. The normalized spacial score (nSPS) is 22.2. The van der Waals surface area contributed by atoms with Gasteiger partial charge in [0.2, 0.25) is 5.88 Å². The van der Waals surface area contributed by atoms with Crippen molar-refractivity contribution in [2.45, 2.75) is 39.3 Å². The van der Waals surface area contributed by atoms with Gasteiger partial charge in [0.05, 0.1) is 12.6 Å². The molecule has 0 aromatic carbocycles. The number of amides is 1. The molecule has 0 radical (unpaired) electrons. The number of fused-ring (bicyclic) bond motifs is 1. The summed E-state index contributed by atoms with van der Waals surface area (Å²) in [4.78, 5) is 21.3. The Balaban J connectivity index is 2.38. The van der Waals surface area contributed by atoms with Crippen LogP contribution in [0.3, 0.4) is 0 Å². The van der Waals surface area contributed by atoms with Crippen LogP contribution < -0.4 is 4.74 Å². The van der Waals surface area contributed by atoms with Crippen LogP contribution in [-0.4, -0.2) is 71.2 Å². The summed E-state index contributed by atoms with van der Waals surface area (Å²) in [5, 5.41) is 9.58. The third kappa shape index (κ3) is 4.92. The van der Waals surface area contributed by atoms with Gasteiger partial charge in [0.1, 0.15) is 11.7 Å². The lowest BCUT2D eigenvalue weighted by atomic mass is 10.00. The van der Waals surface area contributed by atoms with Crippen molar-refractivity contribution in [1.29, 1.82) is 0 Å². The van der Waals surface area contributed by atoms with E-state index in [1.54, 1.807) is 17.2 Å². The molecule has 1 aromatic heterocycles. The Kier molecular flexibility index (Phi) is 7.22. The lowest BCUT2D eigenvalue weighted by Crippen LogP contribution is -2.50. The molecule has 2 rings (SSSR count). The van der Waals surface area contributed by atoms with E-state index < -0.39 is 0 Å². The number of carbonyl (C=O) groups is 1. The van der Waals surface area contributed by atoms with E-state index in [2.05, 4.69) is 46.7 Å². The first-order valence-electron chi connectivity index (χ1n) is 8.79. The molecule has 6 nitrogen and oxygen atoms in total. The fraction of sp³-hybridized carbons (Fsp3) is 0.667. The van der Waals surface area contributed by atoms with Crippen molar-refractivity contribution in [3.05, 3.63) is 22.3 Å². The quantitative estimate of drug-likeness (QED) is 0.775. The number of aromatic nitrogens is 1. The maximum atomic E-state index is 13.0. The van der Waals surface area contributed by atoms with Crippen LogP contribution in [0, 0.1) is 5.92 Å². The molecular weight excluding hydrogens is 386 g/mol. The van der Waals surface area contributed by atoms with E-state index >= 15 is 0 Å². The molecule has 0 saturated carbocycles. The molecule has 3 atom stereocenters. The van der Waals surface area contributed by atoms with Gasteiger partial charge in [0.15, 0.2) is 0 Å². The molecular formula is C18H28BrN3O3. The highest BCUT2D eigenvalue weighted by atomic mass is 79.9. The molecule has 0 saturated heterocycles. The maximum Gasteiger partial charge on any atom is 0.259 e. The summed E-state index contributed by atoms with van der Waals surface area (Å²) >= 11 is 3.38. The van der Waals surface area contributed by atoms with Crippen LogP contribution in [0.2, 0.25) is 0 Å². The van der Waals surface area contributed by atoms with Gasteiger partial charge in [-0.15, -0.1) is 0 Å². The van der Waals surface area contributed by atoms with E-state index in [0.717, 1.165) is 24.0 Å². The van der Waals surface area contributed by atoms with E-state index in [0.29, 0.717) is 18.0 Å². The average molecular weight is 414 g/mol. The number of nitrogens with zero attached hydrogens (tertiary/aromatic N) is 3. The number of likely N-dealkylation sites (N-methyl/N-ethyl adjacent to an activating group) is 1. The summed E-state index contributed by atoms with van der Waals surface area (Å²) in [6, 6.07) is 1.48. The summed E-state index contributed by atoms with van der Waals surface area (Å²) < 4.78 is 6.90. The lowest BCUT2D eigenvalue weighted by molar-refractivity contribution is 0.0331. The Morgan fingerprint density at radius 1 is 1.56 bits per heavy atom. The van der Waals surface area contributed by atoms with Crippen molar-refractivity contribution < 1.29 is 14.6 Å². The van der Waals surface area contributed by atoms with Gasteiger partial charge in [-0.3, -0.25) is 4.79 Å². The van der Waals surface area contributed by atoms with E-state index in [1.165, 1.54) is 0 Å². The van der Waals surface area contributed by atoms with Crippen molar-refractivity contribution in [2.75, 3.05) is 33.3 Å². The highest BCUT2D eigenvalue weighted by Crippen LogP contribution is 2.28. The molecule has 1 aromatic rings. The molecule has 1 N–H and O–H groups in total. The molecule has 140 valence electrons. The number of halogens is 1. The second kappa shape index (κ2) is 8.96. The Morgan fingerprint density at radius 3 is 2.92 bits per heavy atom. The molecule has 0 spiro atoms. The van der Waals surface area contributed by atoms with Crippen molar-refractivity contribution in [3.8, 4) is 5.88 Å². The predicted octanol–water partition coefficient (Wildman–Crippen LogP) is 2.41. The standard InChI is InChI=1S/C18H28BrN3O3/c1-5-6-21(4)10-16-12(2)9-22(13(3)11-23)18(24)15-7-14(19)8-20-17(15)25-16/h7-8,12-13,16,23H,5-6,9-11H2,1-4H3/t12-,13+,16+/m1/s1. The van der Waals surface area contributed by atoms with E-state index in [4.69, 9.17) is 4.74 Å². The minimum atomic E-state index is -0.256. The third-order valence-electron chi connectivity index (χ3n) is 4.58. The van der Waals surface area contributed by atoms with Gasteiger partial charge in [-0.25, -0.2) is 4.98 Å². The van der Waals surface area contributed by atoms with Crippen LogP contribution in [0.5, 0.6) is 5.88 Å². The first kappa shape index (κ1) is 20.1. The predicted molar refractivity (Wildman–Crippen MR) is 101 cm³/mol. The fourth-order valence-corrected chi connectivity index (χ4v) is 3.41. The number of rotatable bonds is 6. The smallest absolute Gasteiger partial charge is 0.259 e. The monoisotopic (exact) mass is 413 g/mol. The highest BCUT2D eigenvalue weighted by Gasteiger charge is 2.34. The van der Waals surface area contributed by atoms with Gasteiger partial charge in [0, 0.05) is 29.7 Å². The largest absolute Gasteiger partial charge is 0.472 e. The summed E-state index contributed by atoms with van der Waals surface area (Å²) in [6.45, 7) is 8.31. The number of hydrogen-bond donors (Lipinski definition) is 1. The van der Waals surface area contributed by atoms with Crippen molar-refractivity contribution in [2.24, 2.45) is 5.92 Å². The molecule has 2 heterocycles. The molecule has 0 aliphatic carbocycles. The Labute approximate surface area is 158 Å². The molecule has 0 unspecified atom stereocenters. The molecule has 25 heavy (non-hydrogen) atoms. The number of aliphatic hydroxyl groups is 1. The Bertz CT molecular complexity index is 599. The summed E-state index contributed by atoms with van der Waals surface area (Å²) in [5.74, 6) is 0.332. The zero-order chi connectivity index (χ0) is 18.6. The van der Waals surface area contributed by atoms with Gasteiger partial charge in [-0.1, -0.05) is 13.8 Å². The fourth-order valence-electron chi connectivity index (χ4n) is 3.07. The van der Waals surface area contributed by atoms with E-state index in [-0.39, 0.29) is 30.6 Å². The maximum absolute atomic E-state index is 13.0. The van der Waals surface area contributed by atoms with Gasteiger partial charge >= 0.3 is 0 Å². The van der Waals surface area contributed by atoms with Gasteiger partial charge in [-0.2, -0.15) is 0 Å². The SMILES string of the molecule is CCCN(C)C[C@@H]1Oc2ncc(Br)cc2C(=O)N([C@@H](C)CO)C[C@H]1C. The van der Waals surface area contributed by atoms with Crippen molar-refractivity contribution in [3.63, 3.8) is 0 Å². The van der Waals surface area contributed by atoms with Crippen LogP contribution in [0.15, 0.2) is 16.7 Å². The van der Waals surface area contributed by atoms with Gasteiger partial charge in [0.25, 0.3) is 5.91 Å². The highest BCUT2D eigenvalue weighted by molar-refractivity contribution is 9.10. The Hall–Kier alpha value is -1.18. The van der Waals surface area contributed by atoms with Crippen LogP contribution in [0.1, 0.15) is 37.6 Å². The number of hydrogen-bond acceptors (Lipinski definition) is 5. The van der Waals surface area contributed by atoms with E-state index in [9.17, 15) is 9.90 Å². The summed E-state index contributed by atoms with van der Waals surface area (Å²) in [5.41, 5.74) is 0.435. The van der Waals surface area contributed by atoms with Crippen molar-refractivity contribution in [1.82, 2.24) is 14.8 Å². The second-order valence-corrected chi connectivity index (χ2v) is 7.81. The zero-order valence-corrected chi connectivity index (χ0v) is 17.0. The molecule has 1 aliphatic rings. The third-order valence-corrected chi connectivity index (χ3v) is 5.02. The number of carbonyl (C=O) groups excluding carboxylic acids is 1. The van der Waals surface area contributed by atoms with Crippen LogP contribution in [0.25, 0.3) is 0 Å². The number of pyridine rings is 1. The van der Waals surface area contributed by atoms with Gasteiger partial charge in [-0.05, 0) is 48.9 Å². The van der Waals surface area contributed by atoms with Crippen LogP contribution in [-0.2, 0) is 0 Å². The van der Waals surface area contributed by atoms with Crippen molar-refractivity contribution >= 4 is 21.8 Å². The summed E-state index contributed by atoms with van der Waals surface area (Å²) in [6.07, 6.45) is 2.64. The minimum absolute atomic E-state index is 0.0729. The van der Waals surface area contributed by atoms with Crippen LogP contribution in [0.4, 0.5) is 0 Å². The molecule has 7 heteroatoms. The molecule has 1 amide bonds. The topological polar surface area (TPSA) is 65.9 Å². The number of aliphatic hydroxyl groups excluding tert-OH is 1. The second-order valence-electron chi connectivity index (χ2n) is 6.89. The van der Waals surface area contributed by atoms with E-state index in [1.807, 2.05) is 6.92 Å². The molecule has 0 bridgehead atoms. The average Bonchev–Trinajstić information content (AvgIpc) is 2.58. The van der Waals surface area contributed by atoms with Gasteiger partial charge < -0.3 is 19.6 Å². The molecule has 1 aliphatic heterocycles. The number of ether oxygens (including phenoxy) is 1. The summed E-state index contributed by atoms with van der Waals surface area (Å²) in [7, 11) is 2.08. The molecule has 0 fully saturated rings. The minimum Gasteiger partial charge on any atom is -0.472 e. The van der Waals surface area contributed by atoms with Crippen LogP contribution >= 0.6 is 15.9 Å². The lowest BCUT2D eigenvalue weighted by Gasteiger charge is -2.37. The first-order chi connectivity index (χ1) is 11.9. The Morgan fingerprint density at radius 2 is 2.28 bits per heavy atom. The zero-order valence-electron chi connectivity index (χ0n) is 15.4.